The lowest BCUT2D eigenvalue weighted by Gasteiger charge is -2.26. The predicted octanol–water partition coefficient (Wildman–Crippen LogP) is 0.811. The maximum Gasteiger partial charge on any atom is 0.353 e. The molecule has 0 bridgehead atoms. The number of alkyl halides is 2. The number of hydrogen-bond acceptors (Lipinski definition) is 5. The maximum absolute atomic E-state index is 14.1. The molecule has 0 saturated heterocycles. The molecule has 3 N–H and O–H groups in total. The Labute approximate surface area is 133 Å². The molecule has 1 aliphatic heterocycles. The lowest BCUT2D eigenvalue weighted by Crippen LogP contribution is -2.42. The number of aromatic nitrogens is 1. The van der Waals surface area contributed by atoms with E-state index in [0.717, 1.165) is 12.1 Å². The van der Waals surface area contributed by atoms with Crippen molar-refractivity contribution < 1.29 is 27.5 Å². The number of nitrogens with two attached hydrogens (primary N) is 1. The standard InChI is InChI=1S/C14H11F3N4O3/c1-21-10-4-19-9-3-8(15)7(14(16,17)13(23)20-18)2-6(9)12(10)24-5-11(21)22/h2-4H,5,18H2,1H3,(H,20,23). The molecule has 2 heterocycles. The first-order valence-corrected chi connectivity index (χ1v) is 6.68. The topological polar surface area (TPSA) is 97.5 Å². The molecule has 0 spiro atoms. The van der Waals surface area contributed by atoms with Crippen LogP contribution >= 0.6 is 0 Å². The van der Waals surface area contributed by atoms with Gasteiger partial charge in [0.05, 0.1) is 17.3 Å². The zero-order chi connectivity index (χ0) is 17.6. The van der Waals surface area contributed by atoms with E-state index in [2.05, 4.69) is 4.98 Å². The highest BCUT2D eigenvalue weighted by Gasteiger charge is 2.43. The molecule has 2 aromatic rings. The molecule has 24 heavy (non-hydrogen) atoms. The number of nitrogens with zero attached hydrogens (tertiary/aromatic N) is 2. The van der Waals surface area contributed by atoms with Crippen molar-refractivity contribution in [3.8, 4) is 5.75 Å². The van der Waals surface area contributed by atoms with Crippen LogP contribution in [0.2, 0.25) is 0 Å². The van der Waals surface area contributed by atoms with E-state index in [9.17, 15) is 22.8 Å². The molecule has 126 valence electrons. The van der Waals surface area contributed by atoms with Gasteiger partial charge >= 0.3 is 11.8 Å². The van der Waals surface area contributed by atoms with E-state index < -0.39 is 23.2 Å². The van der Waals surface area contributed by atoms with E-state index in [4.69, 9.17) is 10.6 Å². The van der Waals surface area contributed by atoms with Crippen molar-refractivity contribution in [2.45, 2.75) is 5.92 Å². The van der Waals surface area contributed by atoms with Crippen LogP contribution in [0.25, 0.3) is 10.9 Å². The van der Waals surface area contributed by atoms with Gasteiger partial charge in [0.25, 0.3) is 5.91 Å². The van der Waals surface area contributed by atoms with Gasteiger partial charge in [-0.1, -0.05) is 0 Å². The Kier molecular flexibility index (Phi) is 3.56. The average Bonchev–Trinajstić information content (AvgIpc) is 2.56. The molecule has 0 aliphatic carbocycles. The molecule has 3 rings (SSSR count). The summed E-state index contributed by atoms with van der Waals surface area (Å²) in [6.45, 7) is -0.297. The van der Waals surface area contributed by atoms with Crippen LogP contribution in [0.1, 0.15) is 5.56 Å². The van der Waals surface area contributed by atoms with Crippen molar-refractivity contribution in [2.24, 2.45) is 5.84 Å². The Hall–Kier alpha value is -2.88. The molecule has 0 atom stereocenters. The SMILES string of the molecule is CN1C(=O)COc2c1cnc1cc(F)c(C(F)(F)C(=O)NN)cc21. The molecule has 0 unspecified atom stereocenters. The van der Waals surface area contributed by atoms with Gasteiger partial charge in [0, 0.05) is 18.5 Å². The Bertz CT molecular complexity index is 872. The number of benzene rings is 1. The molecule has 2 amide bonds. The molecule has 1 aromatic carbocycles. The minimum absolute atomic E-state index is 0.0432. The monoisotopic (exact) mass is 340 g/mol. The van der Waals surface area contributed by atoms with Crippen LogP contribution in [-0.2, 0) is 15.5 Å². The zero-order valence-corrected chi connectivity index (χ0v) is 12.3. The molecular formula is C14H11F3N4O3. The van der Waals surface area contributed by atoms with Crippen molar-refractivity contribution in [1.29, 1.82) is 0 Å². The summed E-state index contributed by atoms with van der Waals surface area (Å²) in [5.74, 6) is -2.88. The lowest BCUT2D eigenvalue weighted by atomic mass is 10.0. The van der Waals surface area contributed by atoms with Crippen molar-refractivity contribution >= 4 is 28.4 Å². The summed E-state index contributed by atoms with van der Waals surface area (Å²) < 4.78 is 47.4. The molecule has 1 aromatic heterocycles. The van der Waals surface area contributed by atoms with Crippen molar-refractivity contribution in [3.05, 3.63) is 29.7 Å². The van der Waals surface area contributed by atoms with E-state index in [0.29, 0.717) is 0 Å². The maximum atomic E-state index is 14.1. The number of halogens is 3. The lowest BCUT2D eigenvalue weighted by molar-refractivity contribution is -0.147. The highest BCUT2D eigenvalue weighted by molar-refractivity contribution is 6.02. The Balaban J connectivity index is 2.26. The summed E-state index contributed by atoms with van der Waals surface area (Å²) in [5.41, 5.74) is 0.425. The largest absolute Gasteiger partial charge is 0.481 e. The summed E-state index contributed by atoms with van der Waals surface area (Å²) in [7, 11) is 1.47. The van der Waals surface area contributed by atoms with Gasteiger partial charge in [0.1, 0.15) is 11.5 Å². The van der Waals surface area contributed by atoms with Crippen molar-refractivity contribution in [2.75, 3.05) is 18.6 Å². The first-order valence-electron chi connectivity index (χ1n) is 6.68. The Morgan fingerprint density at radius 2 is 2.17 bits per heavy atom. The fourth-order valence-corrected chi connectivity index (χ4v) is 2.39. The summed E-state index contributed by atoms with van der Waals surface area (Å²) in [6, 6.07) is 1.54. The van der Waals surface area contributed by atoms with Gasteiger partial charge in [0.2, 0.25) is 0 Å². The second-order valence-electron chi connectivity index (χ2n) is 5.11. The quantitative estimate of drug-likeness (QED) is 0.479. The number of amides is 2. The third-order valence-electron chi connectivity index (χ3n) is 3.72. The predicted molar refractivity (Wildman–Crippen MR) is 76.8 cm³/mol. The summed E-state index contributed by atoms with van der Waals surface area (Å²) >= 11 is 0. The van der Waals surface area contributed by atoms with Crippen molar-refractivity contribution in [1.82, 2.24) is 10.4 Å². The van der Waals surface area contributed by atoms with Crippen LogP contribution in [0.3, 0.4) is 0 Å². The van der Waals surface area contributed by atoms with Gasteiger partial charge in [-0.25, -0.2) is 10.2 Å². The Morgan fingerprint density at radius 3 is 2.83 bits per heavy atom. The number of rotatable bonds is 2. The van der Waals surface area contributed by atoms with Crippen LogP contribution < -0.4 is 20.9 Å². The van der Waals surface area contributed by atoms with E-state index in [1.54, 1.807) is 0 Å². The second-order valence-corrected chi connectivity index (χ2v) is 5.11. The summed E-state index contributed by atoms with van der Waals surface area (Å²) in [6.07, 6.45) is 1.28. The first-order chi connectivity index (χ1) is 11.3. The number of hydrazine groups is 1. The fraction of sp³-hybridized carbons (Fsp3) is 0.214. The number of anilines is 1. The molecule has 1 aliphatic rings. The number of likely N-dealkylation sites (N-methyl/N-ethyl adjacent to an activating group) is 1. The smallest absolute Gasteiger partial charge is 0.353 e. The molecule has 7 nitrogen and oxygen atoms in total. The van der Waals surface area contributed by atoms with Crippen LogP contribution in [0.15, 0.2) is 18.3 Å². The van der Waals surface area contributed by atoms with Crippen LogP contribution in [-0.4, -0.2) is 30.5 Å². The van der Waals surface area contributed by atoms with E-state index in [1.165, 1.54) is 23.6 Å². The number of ether oxygens (including phenoxy) is 1. The average molecular weight is 340 g/mol. The Morgan fingerprint density at radius 1 is 1.46 bits per heavy atom. The minimum Gasteiger partial charge on any atom is -0.481 e. The van der Waals surface area contributed by atoms with Gasteiger partial charge in [-0.15, -0.1) is 0 Å². The van der Waals surface area contributed by atoms with E-state index >= 15 is 0 Å². The van der Waals surface area contributed by atoms with Gasteiger partial charge in [0.15, 0.2) is 12.4 Å². The van der Waals surface area contributed by atoms with Gasteiger partial charge in [-0.3, -0.25) is 20.0 Å². The second kappa shape index (κ2) is 5.34. The number of pyridine rings is 1. The third kappa shape index (κ3) is 2.22. The van der Waals surface area contributed by atoms with Gasteiger partial charge in [-0.05, 0) is 6.07 Å². The number of fused-ring (bicyclic) bond motifs is 3. The molecule has 10 heteroatoms. The number of nitrogens with one attached hydrogen (secondary N) is 1. The zero-order valence-electron chi connectivity index (χ0n) is 12.3. The van der Waals surface area contributed by atoms with Gasteiger partial charge in [-0.2, -0.15) is 8.78 Å². The van der Waals surface area contributed by atoms with Gasteiger partial charge < -0.3 is 9.64 Å². The normalized spacial score (nSPS) is 14.4. The van der Waals surface area contributed by atoms with Crippen molar-refractivity contribution in [3.63, 3.8) is 0 Å². The number of carbonyl (C=O) groups is 2. The molecule has 0 radical (unpaired) electrons. The third-order valence-corrected chi connectivity index (χ3v) is 3.72. The molecule has 0 fully saturated rings. The highest BCUT2D eigenvalue weighted by atomic mass is 19.3. The number of carbonyl (C=O) groups excluding carboxylic acids is 2. The minimum atomic E-state index is -4.19. The fourth-order valence-electron chi connectivity index (χ4n) is 2.39. The highest BCUT2D eigenvalue weighted by Crippen LogP contribution is 2.40. The van der Waals surface area contributed by atoms with E-state index in [-0.39, 0.29) is 34.9 Å². The van der Waals surface area contributed by atoms with Crippen LogP contribution in [0, 0.1) is 5.82 Å². The first kappa shape index (κ1) is 16.0. The summed E-state index contributed by atoms with van der Waals surface area (Å²) in [4.78, 5) is 28.1. The number of hydrogen-bond donors (Lipinski definition) is 2. The van der Waals surface area contributed by atoms with Crippen LogP contribution in [0.4, 0.5) is 18.9 Å². The van der Waals surface area contributed by atoms with Crippen LogP contribution in [0.5, 0.6) is 5.75 Å². The van der Waals surface area contributed by atoms with E-state index in [1.807, 2.05) is 0 Å². The molecular weight excluding hydrogens is 329 g/mol. The molecule has 0 saturated carbocycles. The summed E-state index contributed by atoms with van der Waals surface area (Å²) in [5, 5.41) is 0.0488.